The van der Waals surface area contributed by atoms with Gasteiger partial charge in [-0.05, 0) is 48.9 Å². The highest BCUT2D eigenvalue weighted by Gasteiger charge is 2.15. The van der Waals surface area contributed by atoms with E-state index in [0.717, 1.165) is 11.3 Å². The molecule has 0 spiro atoms. The molecule has 0 aliphatic heterocycles. The molecule has 0 fully saturated rings. The van der Waals surface area contributed by atoms with Gasteiger partial charge in [0.1, 0.15) is 11.5 Å². The molecule has 2 heterocycles. The van der Waals surface area contributed by atoms with Gasteiger partial charge in [0.2, 0.25) is 0 Å². The fraction of sp³-hybridized carbons (Fsp3) is 0.263. The number of carbonyl (C=O) groups excluding carboxylic acids is 1. The smallest absolute Gasteiger partial charge is 0.269 e. The molecule has 2 N–H and O–H groups in total. The summed E-state index contributed by atoms with van der Waals surface area (Å²) >= 11 is 0. The lowest BCUT2D eigenvalue weighted by Crippen LogP contribution is -2.27. The maximum atomic E-state index is 13.0. The van der Waals surface area contributed by atoms with Crippen LogP contribution in [0.1, 0.15) is 28.7 Å². The third-order valence-corrected chi connectivity index (χ3v) is 4.28. The van der Waals surface area contributed by atoms with Gasteiger partial charge in [-0.3, -0.25) is 9.48 Å². The number of nitrogens with one attached hydrogen (secondary N) is 1. The Morgan fingerprint density at radius 1 is 1.27 bits per heavy atom. The molecule has 26 heavy (non-hydrogen) atoms. The van der Waals surface area contributed by atoms with Crippen LogP contribution in [0.25, 0.3) is 11.3 Å². The molecule has 0 aliphatic rings. The van der Waals surface area contributed by atoms with Gasteiger partial charge in [-0.1, -0.05) is 0 Å². The fourth-order valence-electron chi connectivity index (χ4n) is 2.82. The standard InChI is InChI=1S/C19H21FN4O2/c1-23-11-3-4-16(23)18(25)9-10-21-19(26)17-12-15(22-24(17)2)13-5-7-14(20)8-6-13/h3-8,11-12,18,25H,9-10H2,1-2H3,(H,21,26)/t18-/m0/s1. The summed E-state index contributed by atoms with van der Waals surface area (Å²) in [5.41, 5.74) is 2.54. The summed E-state index contributed by atoms with van der Waals surface area (Å²) < 4.78 is 16.4. The second-order valence-corrected chi connectivity index (χ2v) is 6.15. The van der Waals surface area contributed by atoms with Crippen molar-refractivity contribution in [2.45, 2.75) is 12.5 Å². The molecule has 7 heteroatoms. The minimum Gasteiger partial charge on any atom is -0.387 e. The molecule has 2 aromatic heterocycles. The maximum absolute atomic E-state index is 13.0. The van der Waals surface area contributed by atoms with Crippen LogP contribution in [0.4, 0.5) is 4.39 Å². The van der Waals surface area contributed by atoms with E-state index in [2.05, 4.69) is 10.4 Å². The van der Waals surface area contributed by atoms with E-state index >= 15 is 0 Å². The SMILES string of the molecule is Cn1cccc1[C@@H](O)CCNC(=O)c1cc(-c2ccc(F)cc2)nn1C. The predicted molar refractivity (Wildman–Crippen MR) is 95.9 cm³/mol. The third-order valence-electron chi connectivity index (χ3n) is 4.28. The summed E-state index contributed by atoms with van der Waals surface area (Å²) in [6.45, 7) is 0.336. The number of aryl methyl sites for hydroxylation is 2. The number of hydrogen-bond acceptors (Lipinski definition) is 3. The average molecular weight is 356 g/mol. The normalized spacial score (nSPS) is 12.2. The van der Waals surface area contributed by atoms with Crippen molar-refractivity contribution >= 4 is 5.91 Å². The first-order valence-corrected chi connectivity index (χ1v) is 8.33. The fourth-order valence-corrected chi connectivity index (χ4v) is 2.82. The third kappa shape index (κ3) is 3.83. The van der Waals surface area contributed by atoms with Crippen LogP contribution in [-0.4, -0.2) is 31.9 Å². The maximum Gasteiger partial charge on any atom is 0.269 e. The first-order valence-electron chi connectivity index (χ1n) is 8.33. The molecule has 0 radical (unpaired) electrons. The van der Waals surface area contributed by atoms with E-state index in [0.29, 0.717) is 24.4 Å². The zero-order valence-corrected chi connectivity index (χ0v) is 14.7. The van der Waals surface area contributed by atoms with Crippen LogP contribution in [0.2, 0.25) is 0 Å². The summed E-state index contributed by atoms with van der Waals surface area (Å²) in [7, 11) is 3.55. The molecule has 3 aromatic rings. The Kier molecular flexibility index (Phi) is 5.18. The molecule has 136 valence electrons. The number of carbonyl (C=O) groups is 1. The summed E-state index contributed by atoms with van der Waals surface area (Å²) in [6, 6.07) is 11.3. The van der Waals surface area contributed by atoms with Crippen molar-refractivity contribution in [1.82, 2.24) is 19.7 Å². The second kappa shape index (κ2) is 7.53. The van der Waals surface area contributed by atoms with Gasteiger partial charge < -0.3 is 15.0 Å². The van der Waals surface area contributed by atoms with Gasteiger partial charge in [-0.25, -0.2) is 4.39 Å². The van der Waals surface area contributed by atoms with Gasteiger partial charge >= 0.3 is 0 Å². The van der Waals surface area contributed by atoms with Crippen molar-refractivity contribution < 1.29 is 14.3 Å². The van der Waals surface area contributed by atoms with E-state index in [9.17, 15) is 14.3 Å². The highest BCUT2D eigenvalue weighted by Crippen LogP contribution is 2.19. The quantitative estimate of drug-likeness (QED) is 0.712. The first-order chi connectivity index (χ1) is 12.5. The van der Waals surface area contributed by atoms with Crippen molar-refractivity contribution in [2.75, 3.05) is 6.54 Å². The highest BCUT2D eigenvalue weighted by atomic mass is 19.1. The van der Waals surface area contributed by atoms with E-state index in [-0.39, 0.29) is 11.7 Å². The van der Waals surface area contributed by atoms with Crippen molar-refractivity contribution in [2.24, 2.45) is 14.1 Å². The number of aliphatic hydroxyl groups excluding tert-OH is 1. The molecule has 1 atom stereocenters. The number of benzene rings is 1. The minimum absolute atomic E-state index is 0.271. The second-order valence-electron chi connectivity index (χ2n) is 6.15. The zero-order valence-electron chi connectivity index (χ0n) is 14.7. The Balaban J connectivity index is 1.61. The number of aromatic nitrogens is 3. The van der Waals surface area contributed by atoms with Crippen molar-refractivity contribution in [3.8, 4) is 11.3 Å². The monoisotopic (exact) mass is 356 g/mol. The lowest BCUT2D eigenvalue weighted by molar-refractivity contribution is 0.0932. The van der Waals surface area contributed by atoms with Crippen LogP contribution in [0.5, 0.6) is 0 Å². The van der Waals surface area contributed by atoms with Crippen LogP contribution in [-0.2, 0) is 14.1 Å². The van der Waals surface area contributed by atoms with Crippen molar-refractivity contribution in [3.63, 3.8) is 0 Å². The molecule has 3 rings (SSSR count). The number of nitrogens with zero attached hydrogens (tertiary/aromatic N) is 3. The summed E-state index contributed by atoms with van der Waals surface area (Å²) in [4.78, 5) is 12.4. The van der Waals surface area contributed by atoms with Gasteiger partial charge in [-0.15, -0.1) is 0 Å². The lowest BCUT2D eigenvalue weighted by atomic mass is 10.1. The largest absolute Gasteiger partial charge is 0.387 e. The van der Waals surface area contributed by atoms with E-state index in [1.54, 1.807) is 25.2 Å². The molecular weight excluding hydrogens is 335 g/mol. The molecular formula is C19H21FN4O2. The van der Waals surface area contributed by atoms with Crippen molar-refractivity contribution in [1.29, 1.82) is 0 Å². The van der Waals surface area contributed by atoms with Crippen LogP contribution in [0.3, 0.4) is 0 Å². The van der Waals surface area contributed by atoms with E-state index in [1.165, 1.54) is 16.8 Å². The van der Waals surface area contributed by atoms with E-state index in [4.69, 9.17) is 0 Å². The predicted octanol–water partition coefficient (Wildman–Crippen LogP) is 2.42. The zero-order chi connectivity index (χ0) is 18.7. The Morgan fingerprint density at radius 3 is 2.65 bits per heavy atom. The Labute approximate surface area is 150 Å². The number of amides is 1. The summed E-state index contributed by atoms with van der Waals surface area (Å²) in [5, 5.41) is 17.3. The number of hydrogen-bond donors (Lipinski definition) is 2. The lowest BCUT2D eigenvalue weighted by Gasteiger charge is -2.12. The van der Waals surface area contributed by atoms with Gasteiger partial charge in [0.25, 0.3) is 5.91 Å². The highest BCUT2D eigenvalue weighted by molar-refractivity contribution is 5.93. The minimum atomic E-state index is -0.642. The van der Waals surface area contributed by atoms with E-state index in [1.807, 2.05) is 29.9 Å². The first kappa shape index (κ1) is 17.9. The average Bonchev–Trinajstić information content (AvgIpc) is 3.21. The molecule has 1 amide bonds. The molecule has 0 aliphatic carbocycles. The number of rotatable bonds is 6. The molecule has 0 unspecified atom stereocenters. The number of halogens is 1. The Bertz CT molecular complexity index is 899. The van der Waals surface area contributed by atoms with Crippen LogP contribution >= 0.6 is 0 Å². The molecule has 1 aromatic carbocycles. The van der Waals surface area contributed by atoms with Crippen LogP contribution in [0.15, 0.2) is 48.7 Å². The topological polar surface area (TPSA) is 72.1 Å². The molecule has 6 nitrogen and oxygen atoms in total. The van der Waals surface area contributed by atoms with Gasteiger partial charge in [-0.2, -0.15) is 5.10 Å². The van der Waals surface area contributed by atoms with E-state index < -0.39 is 6.10 Å². The van der Waals surface area contributed by atoms with Gasteiger partial charge in [0, 0.05) is 38.1 Å². The molecule has 0 saturated carbocycles. The summed E-state index contributed by atoms with van der Waals surface area (Å²) in [5.74, 6) is -0.591. The Morgan fingerprint density at radius 2 is 2.00 bits per heavy atom. The van der Waals surface area contributed by atoms with Crippen molar-refractivity contribution in [3.05, 3.63) is 65.9 Å². The number of aliphatic hydroxyl groups is 1. The molecule has 0 saturated heterocycles. The van der Waals surface area contributed by atoms with Crippen LogP contribution < -0.4 is 5.32 Å². The van der Waals surface area contributed by atoms with Crippen LogP contribution in [0, 0.1) is 5.82 Å². The van der Waals surface area contributed by atoms with Gasteiger partial charge in [0.15, 0.2) is 0 Å². The molecule has 0 bridgehead atoms. The summed E-state index contributed by atoms with van der Waals surface area (Å²) in [6.07, 6.45) is 1.63. The Hall–Kier alpha value is -2.93. The van der Waals surface area contributed by atoms with Gasteiger partial charge in [0.05, 0.1) is 11.8 Å².